The van der Waals surface area contributed by atoms with Crippen molar-refractivity contribution < 1.29 is 18.9 Å². The van der Waals surface area contributed by atoms with Crippen LogP contribution in [-0.2, 0) is 4.74 Å². The molecule has 0 amide bonds. The van der Waals surface area contributed by atoms with Crippen molar-refractivity contribution in [1.29, 1.82) is 0 Å². The van der Waals surface area contributed by atoms with Crippen LogP contribution >= 0.6 is 0 Å². The topological polar surface area (TPSA) is 40.2 Å². The van der Waals surface area contributed by atoms with Crippen LogP contribution in [0.25, 0.3) is 0 Å². The highest BCUT2D eigenvalue weighted by atomic mass is 16.6. The third kappa shape index (κ3) is 2.53. The molecule has 0 aromatic heterocycles. The summed E-state index contributed by atoms with van der Waals surface area (Å²) < 4.78 is 20.8. The van der Waals surface area contributed by atoms with E-state index in [2.05, 4.69) is 0 Å². The Hall–Kier alpha value is -1.42. The second-order valence-corrected chi connectivity index (χ2v) is 3.28. The number of ether oxygens (including phenoxy) is 4. The molecule has 0 radical (unpaired) electrons. The third-order valence-electron chi connectivity index (χ3n) is 2.19. The minimum atomic E-state index is 0.262. The van der Waals surface area contributed by atoms with Gasteiger partial charge < -0.3 is 18.9 Å². The Morgan fingerprint density at radius 3 is 2.60 bits per heavy atom. The minimum absolute atomic E-state index is 0.262. The van der Waals surface area contributed by atoms with Gasteiger partial charge in [0.25, 0.3) is 0 Å². The van der Waals surface area contributed by atoms with Crippen LogP contribution in [0.5, 0.6) is 17.2 Å². The maximum Gasteiger partial charge on any atom is 0.164 e. The first kappa shape index (κ1) is 10.1. The minimum Gasteiger partial charge on any atom is -0.493 e. The quantitative estimate of drug-likeness (QED) is 0.690. The summed E-state index contributed by atoms with van der Waals surface area (Å²) in [7, 11) is 3.21. The van der Waals surface area contributed by atoms with Gasteiger partial charge >= 0.3 is 0 Å². The van der Waals surface area contributed by atoms with Crippen molar-refractivity contribution in [3.8, 4) is 17.2 Å². The summed E-state index contributed by atoms with van der Waals surface area (Å²) in [5.74, 6) is 2.14. The molecular formula is C11H14O4. The lowest BCUT2D eigenvalue weighted by Crippen LogP contribution is -2.04. The second-order valence-electron chi connectivity index (χ2n) is 3.28. The van der Waals surface area contributed by atoms with Gasteiger partial charge in [-0.2, -0.15) is 0 Å². The van der Waals surface area contributed by atoms with Crippen LogP contribution in [0, 0.1) is 0 Å². The molecule has 4 heteroatoms. The lowest BCUT2D eigenvalue weighted by atomic mass is 10.3. The van der Waals surface area contributed by atoms with Crippen LogP contribution in [0.15, 0.2) is 18.2 Å². The molecule has 82 valence electrons. The average molecular weight is 210 g/mol. The van der Waals surface area contributed by atoms with Gasteiger partial charge in [0.05, 0.1) is 20.8 Å². The van der Waals surface area contributed by atoms with Crippen molar-refractivity contribution in [3.05, 3.63) is 18.2 Å². The van der Waals surface area contributed by atoms with Gasteiger partial charge in [0, 0.05) is 6.07 Å². The van der Waals surface area contributed by atoms with E-state index in [-0.39, 0.29) is 6.10 Å². The number of rotatable bonds is 5. The predicted octanol–water partition coefficient (Wildman–Crippen LogP) is 1.48. The van der Waals surface area contributed by atoms with Crippen LogP contribution in [0.3, 0.4) is 0 Å². The van der Waals surface area contributed by atoms with Gasteiger partial charge in [-0.25, -0.2) is 0 Å². The Kier molecular flexibility index (Phi) is 2.97. The molecule has 1 fully saturated rings. The maximum atomic E-state index is 5.51. The molecule has 1 atom stereocenters. The Balaban J connectivity index is 2.03. The second kappa shape index (κ2) is 4.40. The summed E-state index contributed by atoms with van der Waals surface area (Å²) in [6.07, 6.45) is 0.262. The average Bonchev–Trinajstić information content (AvgIpc) is 3.09. The molecule has 2 rings (SSSR count). The zero-order valence-electron chi connectivity index (χ0n) is 8.86. The molecule has 1 aromatic carbocycles. The molecule has 0 aliphatic carbocycles. The summed E-state index contributed by atoms with van der Waals surface area (Å²) in [4.78, 5) is 0. The zero-order valence-corrected chi connectivity index (χ0v) is 8.86. The van der Waals surface area contributed by atoms with E-state index in [0.717, 1.165) is 12.4 Å². The molecule has 0 saturated carbocycles. The molecule has 4 nitrogen and oxygen atoms in total. The number of benzene rings is 1. The van der Waals surface area contributed by atoms with Crippen molar-refractivity contribution in [2.24, 2.45) is 0 Å². The Bertz CT molecular complexity index is 333. The Labute approximate surface area is 88.7 Å². The molecule has 15 heavy (non-hydrogen) atoms. The standard InChI is InChI=1S/C11H14O4/c1-12-10-4-3-8(5-11(10)13-2)14-6-9-7-15-9/h3-5,9H,6-7H2,1-2H3. The van der Waals surface area contributed by atoms with Crippen LogP contribution in [0.1, 0.15) is 0 Å². The highest BCUT2D eigenvalue weighted by molar-refractivity contribution is 5.45. The van der Waals surface area contributed by atoms with Crippen molar-refractivity contribution in [2.75, 3.05) is 27.4 Å². The normalized spacial score (nSPS) is 18.4. The molecule has 1 aliphatic rings. The Morgan fingerprint density at radius 1 is 1.27 bits per heavy atom. The molecule has 1 heterocycles. The number of epoxide rings is 1. The maximum absolute atomic E-state index is 5.51. The molecule has 1 saturated heterocycles. The fourth-order valence-electron chi connectivity index (χ4n) is 1.26. The number of hydrogen-bond acceptors (Lipinski definition) is 4. The summed E-state index contributed by atoms with van der Waals surface area (Å²) in [6, 6.07) is 5.48. The van der Waals surface area contributed by atoms with Crippen molar-refractivity contribution in [3.63, 3.8) is 0 Å². The van der Waals surface area contributed by atoms with Gasteiger partial charge in [-0.3, -0.25) is 0 Å². The fraction of sp³-hybridized carbons (Fsp3) is 0.455. The highest BCUT2D eigenvalue weighted by Gasteiger charge is 2.23. The predicted molar refractivity (Wildman–Crippen MR) is 54.8 cm³/mol. The van der Waals surface area contributed by atoms with Crippen molar-refractivity contribution in [1.82, 2.24) is 0 Å². The highest BCUT2D eigenvalue weighted by Crippen LogP contribution is 2.31. The molecule has 0 N–H and O–H groups in total. The van der Waals surface area contributed by atoms with E-state index >= 15 is 0 Å². The largest absolute Gasteiger partial charge is 0.493 e. The molecule has 0 bridgehead atoms. The van der Waals surface area contributed by atoms with Crippen LogP contribution in [-0.4, -0.2) is 33.5 Å². The molecular weight excluding hydrogens is 196 g/mol. The molecule has 0 spiro atoms. The monoisotopic (exact) mass is 210 g/mol. The smallest absolute Gasteiger partial charge is 0.164 e. The van der Waals surface area contributed by atoms with E-state index in [1.165, 1.54) is 0 Å². The van der Waals surface area contributed by atoms with Gasteiger partial charge in [-0.05, 0) is 12.1 Å². The van der Waals surface area contributed by atoms with Crippen LogP contribution in [0.2, 0.25) is 0 Å². The molecule has 1 aliphatic heterocycles. The van der Waals surface area contributed by atoms with Crippen LogP contribution in [0.4, 0.5) is 0 Å². The van der Waals surface area contributed by atoms with E-state index in [4.69, 9.17) is 18.9 Å². The fourth-order valence-corrected chi connectivity index (χ4v) is 1.26. The summed E-state index contributed by atoms with van der Waals surface area (Å²) >= 11 is 0. The van der Waals surface area contributed by atoms with E-state index < -0.39 is 0 Å². The first-order valence-corrected chi connectivity index (χ1v) is 4.80. The first-order valence-electron chi connectivity index (χ1n) is 4.80. The third-order valence-corrected chi connectivity index (χ3v) is 2.19. The summed E-state index contributed by atoms with van der Waals surface area (Å²) in [5.41, 5.74) is 0. The van der Waals surface area contributed by atoms with Crippen molar-refractivity contribution in [2.45, 2.75) is 6.10 Å². The van der Waals surface area contributed by atoms with Gasteiger partial charge in [0.2, 0.25) is 0 Å². The van der Waals surface area contributed by atoms with Gasteiger partial charge in [-0.15, -0.1) is 0 Å². The lowest BCUT2D eigenvalue weighted by molar-refractivity contribution is 0.261. The van der Waals surface area contributed by atoms with Gasteiger partial charge in [0.15, 0.2) is 11.5 Å². The molecule has 1 unspecified atom stereocenters. The number of methoxy groups -OCH3 is 2. The molecule has 1 aromatic rings. The van der Waals surface area contributed by atoms with Crippen LogP contribution < -0.4 is 14.2 Å². The van der Waals surface area contributed by atoms with Gasteiger partial charge in [0.1, 0.15) is 18.5 Å². The van der Waals surface area contributed by atoms with E-state index in [9.17, 15) is 0 Å². The number of hydrogen-bond donors (Lipinski definition) is 0. The summed E-state index contributed by atoms with van der Waals surface area (Å²) in [5, 5.41) is 0. The van der Waals surface area contributed by atoms with E-state index in [0.29, 0.717) is 18.1 Å². The first-order chi connectivity index (χ1) is 7.33. The lowest BCUT2D eigenvalue weighted by Gasteiger charge is -2.09. The SMILES string of the molecule is COc1ccc(OCC2CO2)cc1OC. The van der Waals surface area contributed by atoms with Crippen molar-refractivity contribution >= 4 is 0 Å². The van der Waals surface area contributed by atoms with Gasteiger partial charge in [-0.1, -0.05) is 0 Å². The Morgan fingerprint density at radius 2 is 2.00 bits per heavy atom. The zero-order chi connectivity index (χ0) is 10.7. The summed E-state index contributed by atoms with van der Waals surface area (Å²) in [6.45, 7) is 1.39. The van der Waals surface area contributed by atoms with E-state index in [1.807, 2.05) is 12.1 Å². The van der Waals surface area contributed by atoms with E-state index in [1.54, 1.807) is 20.3 Å².